The van der Waals surface area contributed by atoms with Crippen LogP contribution >= 0.6 is 0 Å². The minimum absolute atomic E-state index is 0.0615. The topological polar surface area (TPSA) is 78.9 Å². The normalized spacial score (nSPS) is 12.0. The Hall–Kier alpha value is -1.59. The Kier molecular flexibility index (Phi) is 54.0. The van der Waals surface area contributed by atoms with E-state index in [1.54, 1.807) is 0 Å². The van der Waals surface area contributed by atoms with Crippen molar-refractivity contribution in [3.8, 4) is 0 Å². The zero-order chi connectivity index (χ0) is 48.8. The van der Waals surface area contributed by atoms with Crippen molar-refractivity contribution < 1.29 is 28.6 Å². The summed E-state index contributed by atoms with van der Waals surface area (Å²) in [5.74, 6) is 0.00228. The average molecular weight is 948 g/mol. The van der Waals surface area contributed by atoms with Crippen LogP contribution in [-0.2, 0) is 28.6 Å². The fourth-order valence-electron chi connectivity index (χ4n) is 9.46. The molecule has 67 heavy (non-hydrogen) atoms. The third-order valence-corrected chi connectivity index (χ3v) is 14.0. The molecule has 0 radical (unpaired) electrons. The van der Waals surface area contributed by atoms with Crippen LogP contribution in [0.15, 0.2) is 0 Å². The lowest BCUT2D eigenvalue weighted by Crippen LogP contribution is -2.30. The van der Waals surface area contributed by atoms with Crippen molar-refractivity contribution in [3.63, 3.8) is 0 Å². The Bertz CT molecular complexity index is 1010. The molecule has 6 heteroatoms. The lowest BCUT2D eigenvalue weighted by atomic mass is 10.0. The van der Waals surface area contributed by atoms with Gasteiger partial charge in [-0.25, -0.2) is 0 Å². The second-order valence-electron chi connectivity index (χ2n) is 21.5. The standard InChI is InChI=1S/C61H118O6/c1-5-7-9-11-13-15-17-19-21-23-24-26-28-34-38-42-46-50-54-61(64)67-58(56-66-60(63)53-49-45-41-37-33-30-29-31-35-39-43-47-51-57(3)4)55-65-59(62)52-48-44-40-36-32-27-25-22-20-18-16-14-12-10-8-6-2/h57-58H,5-56H2,1-4H3/t58-/m0/s1. The fraction of sp³-hybridized carbons (Fsp3) is 0.951. The molecule has 6 nitrogen and oxygen atoms in total. The molecule has 0 fully saturated rings. The smallest absolute Gasteiger partial charge is 0.306 e. The molecule has 0 bridgehead atoms. The lowest BCUT2D eigenvalue weighted by Gasteiger charge is -2.18. The van der Waals surface area contributed by atoms with Gasteiger partial charge in [0.15, 0.2) is 6.10 Å². The number of carbonyl (C=O) groups excluding carboxylic acids is 3. The SMILES string of the molecule is CCCCCCCCCCCCCCCCCCCCC(=O)O[C@@H](COC(=O)CCCCCCCCCCCCCCCCCC)COC(=O)CCCCCCCCCCCCCCC(C)C. The van der Waals surface area contributed by atoms with E-state index in [4.69, 9.17) is 14.2 Å². The number of unbranched alkanes of at least 4 members (excludes halogenated alkanes) is 43. The van der Waals surface area contributed by atoms with Gasteiger partial charge in [0.05, 0.1) is 0 Å². The molecule has 0 N–H and O–H groups in total. The van der Waals surface area contributed by atoms with E-state index >= 15 is 0 Å². The second kappa shape index (κ2) is 55.3. The van der Waals surface area contributed by atoms with Crippen molar-refractivity contribution in [2.75, 3.05) is 13.2 Å². The summed E-state index contributed by atoms with van der Waals surface area (Å²) in [6, 6.07) is 0. The summed E-state index contributed by atoms with van der Waals surface area (Å²) in [5, 5.41) is 0. The molecule has 0 aromatic carbocycles. The number of rotatable bonds is 56. The summed E-state index contributed by atoms with van der Waals surface area (Å²) in [6.07, 6.45) is 61.0. The minimum atomic E-state index is -0.762. The summed E-state index contributed by atoms with van der Waals surface area (Å²) in [7, 11) is 0. The molecular formula is C61H118O6. The van der Waals surface area contributed by atoms with Gasteiger partial charge in [-0.2, -0.15) is 0 Å². The molecule has 0 saturated heterocycles. The Morgan fingerprint density at radius 1 is 0.284 bits per heavy atom. The van der Waals surface area contributed by atoms with E-state index in [2.05, 4.69) is 27.7 Å². The van der Waals surface area contributed by atoms with Gasteiger partial charge in [-0.05, 0) is 25.2 Å². The molecule has 0 aliphatic rings. The zero-order valence-electron chi connectivity index (χ0n) is 45.9. The Labute approximate surface area is 418 Å². The molecule has 398 valence electrons. The molecule has 1 atom stereocenters. The van der Waals surface area contributed by atoms with Crippen molar-refractivity contribution in [3.05, 3.63) is 0 Å². The van der Waals surface area contributed by atoms with Gasteiger partial charge in [-0.3, -0.25) is 14.4 Å². The summed E-state index contributed by atoms with van der Waals surface area (Å²) >= 11 is 0. The molecule has 0 rings (SSSR count). The van der Waals surface area contributed by atoms with Crippen LogP contribution in [0.5, 0.6) is 0 Å². The van der Waals surface area contributed by atoms with Gasteiger partial charge in [-0.1, -0.05) is 310 Å². The first-order valence-corrected chi connectivity index (χ1v) is 30.4. The van der Waals surface area contributed by atoms with Crippen molar-refractivity contribution in [1.82, 2.24) is 0 Å². The van der Waals surface area contributed by atoms with Gasteiger partial charge >= 0.3 is 17.9 Å². The highest BCUT2D eigenvalue weighted by Crippen LogP contribution is 2.18. The Morgan fingerprint density at radius 2 is 0.493 bits per heavy atom. The highest BCUT2D eigenvalue weighted by molar-refractivity contribution is 5.71. The Morgan fingerprint density at radius 3 is 0.731 bits per heavy atom. The maximum Gasteiger partial charge on any atom is 0.306 e. The van der Waals surface area contributed by atoms with Gasteiger partial charge < -0.3 is 14.2 Å². The third-order valence-electron chi connectivity index (χ3n) is 14.0. The van der Waals surface area contributed by atoms with Crippen LogP contribution in [0.25, 0.3) is 0 Å². The molecule has 0 heterocycles. The maximum atomic E-state index is 12.9. The highest BCUT2D eigenvalue weighted by atomic mass is 16.6. The minimum Gasteiger partial charge on any atom is -0.462 e. The maximum absolute atomic E-state index is 12.9. The monoisotopic (exact) mass is 947 g/mol. The van der Waals surface area contributed by atoms with E-state index in [-0.39, 0.29) is 31.1 Å². The molecule has 0 spiro atoms. The van der Waals surface area contributed by atoms with Crippen LogP contribution in [0, 0.1) is 5.92 Å². The van der Waals surface area contributed by atoms with Gasteiger partial charge in [0.2, 0.25) is 0 Å². The molecule has 0 aliphatic heterocycles. The number of ether oxygens (including phenoxy) is 3. The summed E-state index contributed by atoms with van der Waals surface area (Å²) in [5.41, 5.74) is 0. The molecule has 0 amide bonds. The number of carbonyl (C=O) groups is 3. The molecule has 0 saturated carbocycles. The van der Waals surface area contributed by atoms with Crippen LogP contribution in [0.1, 0.15) is 349 Å². The van der Waals surface area contributed by atoms with Gasteiger partial charge in [0.1, 0.15) is 13.2 Å². The van der Waals surface area contributed by atoms with E-state index in [0.29, 0.717) is 19.3 Å². The first-order chi connectivity index (χ1) is 32.9. The molecular weight excluding hydrogens is 829 g/mol. The number of hydrogen-bond donors (Lipinski definition) is 0. The first-order valence-electron chi connectivity index (χ1n) is 30.4. The summed E-state index contributed by atoms with van der Waals surface area (Å²) in [6.45, 7) is 9.07. The fourth-order valence-corrected chi connectivity index (χ4v) is 9.46. The van der Waals surface area contributed by atoms with Crippen LogP contribution in [-0.4, -0.2) is 37.2 Å². The van der Waals surface area contributed by atoms with Gasteiger partial charge in [-0.15, -0.1) is 0 Å². The van der Waals surface area contributed by atoms with Gasteiger partial charge in [0, 0.05) is 19.3 Å². The van der Waals surface area contributed by atoms with E-state index in [9.17, 15) is 14.4 Å². The molecule has 0 aliphatic carbocycles. The number of hydrogen-bond acceptors (Lipinski definition) is 6. The molecule has 0 aromatic rings. The first kappa shape index (κ1) is 65.4. The predicted octanol–water partition coefficient (Wildman–Crippen LogP) is 20.2. The predicted molar refractivity (Wildman–Crippen MR) is 289 cm³/mol. The quantitative estimate of drug-likeness (QED) is 0.0343. The highest BCUT2D eigenvalue weighted by Gasteiger charge is 2.19. The van der Waals surface area contributed by atoms with Gasteiger partial charge in [0.25, 0.3) is 0 Å². The van der Waals surface area contributed by atoms with E-state index in [1.807, 2.05) is 0 Å². The second-order valence-corrected chi connectivity index (χ2v) is 21.5. The van der Waals surface area contributed by atoms with Crippen molar-refractivity contribution in [2.45, 2.75) is 355 Å². The van der Waals surface area contributed by atoms with Crippen molar-refractivity contribution in [2.24, 2.45) is 5.92 Å². The zero-order valence-corrected chi connectivity index (χ0v) is 45.9. The lowest BCUT2D eigenvalue weighted by molar-refractivity contribution is -0.167. The van der Waals surface area contributed by atoms with Crippen LogP contribution in [0.4, 0.5) is 0 Å². The Balaban J connectivity index is 4.29. The van der Waals surface area contributed by atoms with E-state index < -0.39 is 6.10 Å². The van der Waals surface area contributed by atoms with Crippen LogP contribution < -0.4 is 0 Å². The van der Waals surface area contributed by atoms with Crippen molar-refractivity contribution in [1.29, 1.82) is 0 Å². The van der Waals surface area contributed by atoms with Crippen molar-refractivity contribution >= 4 is 17.9 Å². The molecule has 0 aromatic heterocycles. The average Bonchev–Trinajstić information content (AvgIpc) is 3.31. The van der Waals surface area contributed by atoms with Crippen LogP contribution in [0.2, 0.25) is 0 Å². The summed E-state index contributed by atoms with van der Waals surface area (Å²) < 4.78 is 16.9. The molecule has 0 unspecified atom stereocenters. The largest absolute Gasteiger partial charge is 0.462 e. The van der Waals surface area contributed by atoms with E-state index in [0.717, 1.165) is 63.7 Å². The van der Waals surface area contributed by atoms with E-state index in [1.165, 1.54) is 244 Å². The summed E-state index contributed by atoms with van der Waals surface area (Å²) in [4.78, 5) is 38.2. The third kappa shape index (κ3) is 55.2. The van der Waals surface area contributed by atoms with Crippen LogP contribution in [0.3, 0.4) is 0 Å². The number of esters is 3.